The van der Waals surface area contributed by atoms with E-state index in [1.165, 1.54) is 7.11 Å². The van der Waals surface area contributed by atoms with Crippen molar-refractivity contribution in [3.8, 4) is 0 Å². The SMILES string of the molecule is COCC(N)C(=O)NC(C)c1cccc(N2CCCC2=O)c1. The van der Waals surface area contributed by atoms with E-state index in [9.17, 15) is 9.59 Å². The first-order valence-electron chi connectivity index (χ1n) is 7.48. The number of carbonyl (C=O) groups is 2. The van der Waals surface area contributed by atoms with Gasteiger partial charge in [-0.2, -0.15) is 0 Å². The third-order valence-corrected chi connectivity index (χ3v) is 3.80. The maximum Gasteiger partial charge on any atom is 0.239 e. The fraction of sp³-hybridized carbons (Fsp3) is 0.500. The maximum atomic E-state index is 11.9. The lowest BCUT2D eigenvalue weighted by Gasteiger charge is -2.20. The quantitative estimate of drug-likeness (QED) is 0.820. The van der Waals surface area contributed by atoms with Crippen LogP contribution in [0.2, 0.25) is 0 Å². The van der Waals surface area contributed by atoms with E-state index in [1.807, 2.05) is 31.2 Å². The summed E-state index contributed by atoms with van der Waals surface area (Å²) < 4.78 is 4.88. The third-order valence-electron chi connectivity index (χ3n) is 3.80. The Kier molecular flexibility index (Phi) is 5.51. The lowest BCUT2D eigenvalue weighted by molar-refractivity contribution is -0.124. The van der Waals surface area contributed by atoms with Crippen molar-refractivity contribution in [1.29, 1.82) is 0 Å². The first kappa shape index (κ1) is 16.5. The zero-order chi connectivity index (χ0) is 16.1. The molecule has 0 bridgehead atoms. The Hall–Kier alpha value is -1.92. The molecule has 2 rings (SSSR count). The van der Waals surface area contributed by atoms with Crippen LogP contribution in [0.1, 0.15) is 31.4 Å². The number of amides is 2. The average molecular weight is 305 g/mol. The Balaban J connectivity index is 2.05. The van der Waals surface area contributed by atoms with Crippen LogP contribution in [-0.2, 0) is 14.3 Å². The highest BCUT2D eigenvalue weighted by molar-refractivity contribution is 5.95. The molecule has 0 spiro atoms. The minimum atomic E-state index is -0.684. The molecule has 2 unspecified atom stereocenters. The van der Waals surface area contributed by atoms with Crippen molar-refractivity contribution in [3.63, 3.8) is 0 Å². The molecule has 1 saturated heterocycles. The number of hydrogen-bond donors (Lipinski definition) is 2. The smallest absolute Gasteiger partial charge is 0.239 e. The minimum absolute atomic E-state index is 0.149. The number of anilines is 1. The highest BCUT2D eigenvalue weighted by Gasteiger charge is 2.22. The Morgan fingerprint density at radius 1 is 1.50 bits per heavy atom. The van der Waals surface area contributed by atoms with Gasteiger partial charge < -0.3 is 20.7 Å². The van der Waals surface area contributed by atoms with E-state index in [1.54, 1.807) is 4.90 Å². The summed E-state index contributed by atoms with van der Waals surface area (Å²) in [5.41, 5.74) is 7.53. The van der Waals surface area contributed by atoms with E-state index in [2.05, 4.69) is 5.32 Å². The van der Waals surface area contributed by atoms with Crippen LogP contribution in [0.5, 0.6) is 0 Å². The second-order valence-electron chi connectivity index (χ2n) is 5.54. The third kappa shape index (κ3) is 3.84. The van der Waals surface area contributed by atoms with Gasteiger partial charge in [0.05, 0.1) is 12.6 Å². The number of benzene rings is 1. The number of methoxy groups -OCH3 is 1. The standard InChI is InChI=1S/C16H23N3O3/c1-11(18-16(21)14(17)10-22-2)12-5-3-6-13(9-12)19-8-4-7-15(19)20/h3,5-6,9,11,14H,4,7-8,10,17H2,1-2H3,(H,18,21). The second kappa shape index (κ2) is 7.38. The van der Waals surface area contributed by atoms with E-state index >= 15 is 0 Å². The van der Waals surface area contributed by atoms with E-state index < -0.39 is 6.04 Å². The van der Waals surface area contributed by atoms with Gasteiger partial charge in [-0.25, -0.2) is 0 Å². The van der Waals surface area contributed by atoms with Crippen LogP contribution in [0.3, 0.4) is 0 Å². The van der Waals surface area contributed by atoms with Gasteiger partial charge in [0.25, 0.3) is 0 Å². The van der Waals surface area contributed by atoms with Gasteiger partial charge in [-0.3, -0.25) is 9.59 Å². The summed E-state index contributed by atoms with van der Waals surface area (Å²) in [7, 11) is 1.51. The fourth-order valence-electron chi connectivity index (χ4n) is 2.54. The molecule has 0 saturated carbocycles. The number of carbonyl (C=O) groups excluding carboxylic acids is 2. The highest BCUT2D eigenvalue weighted by atomic mass is 16.5. The summed E-state index contributed by atoms with van der Waals surface area (Å²) in [4.78, 5) is 25.5. The number of nitrogens with zero attached hydrogens (tertiary/aromatic N) is 1. The number of ether oxygens (including phenoxy) is 1. The zero-order valence-electron chi connectivity index (χ0n) is 13.0. The normalized spacial score (nSPS) is 17.4. The van der Waals surface area contributed by atoms with Crippen molar-refractivity contribution in [2.75, 3.05) is 25.2 Å². The molecular weight excluding hydrogens is 282 g/mol. The van der Waals surface area contributed by atoms with E-state index in [0.29, 0.717) is 6.42 Å². The molecule has 1 aliphatic rings. The number of nitrogens with one attached hydrogen (secondary N) is 1. The van der Waals surface area contributed by atoms with Crippen molar-refractivity contribution >= 4 is 17.5 Å². The summed E-state index contributed by atoms with van der Waals surface area (Å²) in [6.45, 7) is 2.82. The van der Waals surface area contributed by atoms with Gasteiger partial charge >= 0.3 is 0 Å². The van der Waals surface area contributed by atoms with Gasteiger partial charge in [-0.05, 0) is 31.0 Å². The van der Waals surface area contributed by atoms with Gasteiger partial charge in [0, 0.05) is 25.8 Å². The van der Waals surface area contributed by atoms with Crippen LogP contribution in [0.4, 0.5) is 5.69 Å². The van der Waals surface area contributed by atoms with Gasteiger partial charge in [0.15, 0.2) is 0 Å². The molecule has 0 aromatic heterocycles. The van der Waals surface area contributed by atoms with Crippen molar-refractivity contribution in [3.05, 3.63) is 29.8 Å². The Labute approximate surface area is 130 Å². The number of rotatable bonds is 6. The van der Waals surface area contributed by atoms with Gasteiger partial charge in [-0.15, -0.1) is 0 Å². The molecule has 6 heteroatoms. The summed E-state index contributed by atoms with van der Waals surface area (Å²) in [5, 5.41) is 2.86. The number of hydrogen-bond acceptors (Lipinski definition) is 4. The number of nitrogens with two attached hydrogens (primary N) is 1. The molecule has 1 aromatic rings. The van der Waals surface area contributed by atoms with E-state index in [-0.39, 0.29) is 24.5 Å². The topological polar surface area (TPSA) is 84.7 Å². The Bertz CT molecular complexity index is 547. The molecule has 2 amide bonds. The summed E-state index contributed by atoms with van der Waals surface area (Å²) in [6.07, 6.45) is 1.49. The van der Waals surface area contributed by atoms with Crippen molar-refractivity contribution < 1.29 is 14.3 Å². The first-order chi connectivity index (χ1) is 10.5. The average Bonchev–Trinajstić information content (AvgIpc) is 2.93. The Morgan fingerprint density at radius 2 is 2.27 bits per heavy atom. The van der Waals surface area contributed by atoms with Crippen LogP contribution in [0.15, 0.2) is 24.3 Å². The predicted molar refractivity (Wildman–Crippen MR) is 84.4 cm³/mol. The molecule has 2 atom stereocenters. The molecule has 1 aromatic carbocycles. The summed E-state index contributed by atoms with van der Waals surface area (Å²) in [5.74, 6) is -0.104. The van der Waals surface area contributed by atoms with Crippen molar-refractivity contribution in [2.45, 2.75) is 31.8 Å². The van der Waals surface area contributed by atoms with Crippen LogP contribution < -0.4 is 16.0 Å². The first-order valence-corrected chi connectivity index (χ1v) is 7.48. The second-order valence-corrected chi connectivity index (χ2v) is 5.54. The summed E-state index contributed by atoms with van der Waals surface area (Å²) in [6, 6.07) is 6.81. The molecular formula is C16H23N3O3. The molecule has 22 heavy (non-hydrogen) atoms. The van der Waals surface area contributed by atoms with E-state index in [0.717, 1.165) is 24.2 Å². The van der Waals surface area contributed by atoms with E-state index in [4.69, 9.17) is 10.5 Å². The molecule has 1 fully saturated rings. The van der Waals surface area contributed by atoms with Crippen molar-refractivity contribution in [1.82, 2.24) is 5.32 Å². The minimum Gasteiger partial charge on any atom is -0.383 e. The van der Waals surface area contributed by atoms with Crippen LogP contribution in [0, 0.1) is 0 Å². The molecule has 6 nitrogen and oxygen atoms in total. The molecule has 0 radical (unpaired) electrons. The molecule has 0 aliphatic carbocycles. The largest absolute Gasteiger partial charge is 0.383 e. The fourth-order valence-corrected chi connectivity index (χ4v) is 2.54. The lowest BCUT2D eigenvalue weighted by Crippen LogP contribution is -2.44. The lowest BCUT2D eigenvalue weighted by atomic mass is 10.1. The van der Waals surface area contributed by atoms with Crippen LogP contribution >= 0.6 is 0 Å². The monoisotopic (exact) mass is 305 g/mol. The molecule has 120 valence electrons. The molecule has 1 aliphatic heterocycles. The molecule has 1 heterocycles. The highest BCUT2D eigenvalue weighted by Crippen LogP contribution is 2.24. The van der Waals surface area contributed by atoms with Gasteiger partial charge in [0.1, 0.15) is 6.04 Å². The summed E-state index contributed by atoms with van der Waals surface area (Å²) >= 11 is 0. The maximum absolute atomic E-state index is 11.9. The zero-order valence-corrected chi connectivity index (χ0v) is 13.0. The van der Waals surface area contributed by atoms with Gasteiger partial charge in [-0.1, -0.05) is 12.1 Å². The van der Waals surface area contributed by atoms with Crippen molar-refractivity contribution in [2.24, 2.45) is 5.73 Å². The predicted octanol–water partition coefficient (Wildman–Crippen LogP) is 0.964. The Morgan fingerprint density at radius 3 is 2.91 bits per heavy atom. The van der Waals surface area contributed by atoms with Crippen LogP contribution in [-0.4, -0.2) is 38.1 Å². The van der Waals surface area contributed by atoms with Gasteiger partial charge in [0.2, 0.25) is 11.8 Å². The molecule has 3 N–H and O–H groups in total. The van der Waals surface area contributed by atoms with Crippen LogP contribution in [0.25, 0.3) is 0 Å².